The van der Waals surface area contributed by atoms with Gasteiger partial charge in [0.25, 0.3) is 0 Å². The molecule has 0 spiro atoms. The Morgan fingerprint density at radius 2 is 1.33 bits per heavy atom. The zero-order valence-corrected chi connectivity index (χ0v) is 15.3. The molecule has 27 heavy (non-hydrogen) atoms. The number of benzene rings is 3. The van der Waals surface area contributed by atoms with E-state index in [1.165, 1.54) is 16.7 Å². The highest BCUT2D eigenvalue weighted by Crippen LogP contribution is 2.24. The fourth-order valence-electron chi connectivity index (χ4n) is 3.01. The van der Waals surface area contributed by atoms with Crippen LogP contribution in [0.3, 0.4) is 0 Å². The van der Waals surface area contributed by atoms with Crippen LogP contribution in [-0.2, 0) is 13.1 Å². The van der Waals surface area contributed by atoms with E-state index in [4.69, 9.17) is 9.97 Å². The minimum absolute atomic E-state index is 0.632. The lowest BCUT2D eigenvalue weighted by atomic mass is 10.1. The number of nitrogens with one attached hydrogen (secondary N) is 2. The highest BCUT2D eigenvalue weighted by atomic mass is 15.1. The van der Waals surface area contributed by atoms with E-state index in [9.17, 15) is 0 Å². The lowest BCUT2D eigenvalue weighted by Gasteiger charge is -2.12. The van der Waals surface area contributed by atoms with Gasteiger partial charge in [0.1, 0.15) is 5.82 Å². The Balaban J connectivity index is 1.61. The van der Waals surface area contributed by atoms with Crippen LogP contribution in [0.1, 0.15) is 16.7 Å². The second-order valence-corrected chi connectivity index (χ2v) is 6.59. The summed E-state index contributed by atoms with van der Waals surface area (Å²) >= 11 is 0. The summed E-state index contributed by atoms with van der Waals surface area (Å²) in [6, 6.07) is 26.9. The fourth-order valence-corrected chi connectivity index (χ4v) is 3.01. The molecule has 0 radical (unpaired) electrons. The lowest BCUT2D eigenvalue weighted by Crippen LogP contribution is -2.08. The summed E-state index contributed by atoms with van der Waals surface area (Å²) in [5.41, 5.74) is 4.54. The zero-order chi connectivity index (χ0) is 18.5. The molecule has 0 fully saturated rings. The minimum Gasteiger partial charge on any atom is -0.365 e. The molecular formula is C23H22N4. The van der Waals surface area contributed by atoms with E-state index in [-0.39, 0.29) is 0 Å². The number of rotatable bonds is 6. The molecule has 0 atom stereocenters. The summed E-state index contributed by atoms with van der Waals surface area (Å²) < 4.78 is 0. The number of aromatic nitrogens is 2. The Morgan fingerprint density at radius 1 is 0.704 bits per heavy atom. The van der Waals surface area contributed by atoms with Crippen molar-refractivity contribution in [2.75, 3.05) is 10.6 Å². The summed E-state index contributed by atoms with van der Waals surface area (Å²) in [4.78, 5) is 9.43. The average Bonchev–Trinajstić information content (AvgIpc) is 2.71. The summed E-state index contributed by atoms with van der Waals surface area (Å²) in [7, 11) is 0. The third-order valence-electron chi connectivity index (χ3n) is 4.45. The first-order valence-electron chi connectivity index (χ1n) is 9.12. The quantitative estimate of drug-likeness (QED) is 0.502. The van der Waals surface area contributed by atoms with Crippen LogP contribution in [0, 0.1) is 6.92 Å². The van der Waals surface area contributed by atoms with Gasteiger partial charge in [-0.1, -0.05) is 66.7 Å². The zero-order valence-electron chi connectivity index (χ0n) is 15.3. The summed E-state index contributed by atoms with van der Waals surface area (Å²) in [5, 5.41) is 7.85. The van der Waals surface area contributed by atoms with Crippen molar-refractivity contribution in [3.05, 3.63) is 95.6 Å². The molecule has 0 saturated carbocycles. The molecule has 4 heteroatoms. The van der Waals surface area contributed by atoms with E-state index in [0.717, 1.165) is 23.3 Å². The molecule has 0 aliphatic rings. The van der Waals surface area contributed by atoms with Crippen molar-refractivity contribution < 1.29 is 0 Å². The van der Waals surface area contributed by atoms with Crippen LogP contribution >= 0.6 is 0 Å². The number of fused-ring (bicyclic) bond motifs is 1. The third-order valence-corrected chi connectivity index (χ3v) is 4.45. The molecular weight excluding hydrogens is 332 g/mol. The standard InChI is InChI=1S/C23H22N4/c1-17-12-13-20-21(14-17)26-23(25-16-19-10-6-3-7-11-19)27-22(20)24-15-18-8-4-2-5-9-18/h2-14H,15-16H2,1H3,(H2,24,25,26,27). The maximum atomic E-state index is 4.73. The van der Waals surface area contributed by atoms with Gasteiger partial charge in [0, 0.05) is 18.5 Å². The predicted octanol–water partition coefficient (Wildman–Crippen LogP) is 5.16. The van der Waals surface area contributed by atoms with Crippen LogP contribution in [0.5, 0.6) is 0 Å². The molecule has 1 aromatic heterocycles. The molecule has 4 rings (SSSR count). The molecule has 0 unspecified atom stereocenters. The van der Waals surface area contributed by atoms with Gasteiger partial charge in [-0.25, -0.2) is 4.98 Å². The van der Waals surface area contributed by atoms with Gasteiger partial charge in [-0.05, 0) is 35.7 Å². The van der Waals surface area contributed by atoms with Crippen molar-refractivity contribution in [3.8, 4) is 0 Å². The molecule has 0 bridgehead atoms. The molecule has 3 aromatic carbocycles. The van der Waals surface area contributed by atoms with Gasteiger partial charge in [-0.2, -0.15) is 4.98 Å². The van der Waals surface area contributed by atoms with Crippen molar-refractivity contribution in [1.82, 2.24) is 9.97 Å². The van der Waals surface area contributed by atoms with E-state index >= 15 is 0 Å². The Kier molecular flexibility index (Phi) is 4.97. The van der Waals surface area contributed by atoms with Gasteiger partial charge >= 0.3 is 0 Å². The smallest absolute Gasteiger partial charge is 0.225 e. The van der Waals surface area contributed by atoms with E-state index in [2.05, 4.69) is 60.0 Å². The minimum atomic E-state index is 0.632. The van der Waals surface area contributed by atoms with Crippen LogP contribution in [0.15, 0.2) is 78.9 Å². The van der Waals surface area contributed by atoms with Gasteiger partial charge < -0.3 is 10.6 Å². The van der Waals surface area contributed by atoms with Gasteiger partial charge in [-0.15, -0.1) is 0 Å². The first-order valence-corrected chi connectivity index (χ1v) is 9.12. The van der Waals surface area contributed by atoms with Gasteiger partial charge in [0.05, 0.1) is 5.52 Å². The Labute approximate surface area is 159 Å². The van der Waals surface area contributed by atoms with E-state index < -0.39 is 0 Å². The predicted molar refractivity (Wildman–Crippen MR) is 112 cm³/mol. The fraction of sp³-hybridized carbons (Fsp3) is 0.130. The Bertz CT molecular complexity index is 1030. The van der Waals surface area contributed by atoms with E-state index in [1.54, 1.807) is 0 Å². The van der Waals surface area contributed by atoms with Gasteiger partial charge in [-0.3, -0.25) is 0 Å². The highest BCUT2D eigenvalue weighted by Gasteiger charge is 2.08. The van der Waals surface area contributed by atoms with Crippen LogP contribution in [0.2, 0.25) is 0 Å². The second-order valence-electron chi connectivity index (χ2n) is 6.59. The maximum Gasteiger partial charge on any atom is 0.225 e. The van der Waals surface area contributed by atoms with Crippen LogP contribution in [-0.4, -0.2) is 9.97 Å². The normalized spacial score (nSPS) is 10.7. The number of nitrogens with zero attached hydrogens (tertiary/aromatic N) is 2. The van der Waals surface area contributed by atoms with Crippen molar-refractivity contribution in [2.45, 2.75) is 20.0 Å². The van der Waals surface area contributed by atoms with Crippen LogP contribution in [0.25, 0.3) is 10.9 Å². The number of hydrogen-bond donors (Lipinski definition) is 2. The third kappa shape index (κ3) is 4.23. The largest absolute Gasteiger partial charge is 0.365 e. The van der Waals surface area contributed by atoms with Crippen molar-refractivity contribution >= 4 is 22.7 Å². The Morgan fingerprint density at radius 3 is 2.00 bits per heavy atom. The number of aryl methyl sites for hydroxylation is 1. The summed E-state index contributed by atoms with van der Waals surface area (Å²) in [6.45, 7) is 3.49. The molecule has 4 aromatic rings. The Hall–Kier alpha value is -3.40. The van der Waals surface area contributed by atoms with Crippen molar-refractivity contribution in [2.24, 2.45) is 0 Å². The molecule has 4 nitrogen and oxygen atoms in total. The van der Waals surface area contributed by atoms with Crippen molar-refractivity contribution in [3.63, 3.8) is 0 Å². The highest BCUT2D eigenvalue weighted by molar-refractivity contribution is 5.90. The van der Waals surface area contributed by atoms with Gasteiger partial charge in [0.15, 0.2) is 0 Å². The lowest BCUT2D eigenvalue weighted by molar-refractivity contribution is 1.05. The van der Waals surface area contributed by atoms with Gasteiger partial charge in [0.2, 0.25) is 5.95 Å². The molecule has 134 valence electrons. The second kappa shape index (κ2) is 7.87. The molecule has 0 amide bonds. The topological polar surface area (TPSA) is 49.8 Å². The molecule has 0 saturated heterocycles. The van der Waals surface area contributed by atoms with Crippen LogP contribution < -0.4 is 10.6 Å². The number of hydrogen-bond acceptors (Lipinski definition) is 4. The van der Waals surface area contributed by atoms with E-state index in [0.29, 0.717) is 12.5 Å². The summed E-state index contributed by atoms with van der Waals surface area (Å²) in [6.07, 6.45) is 0. The monoisotopic (exact) mass is 354 g/mol. The molecule has 0 aliphatic carbocycles. The van der Waals surface area contributed by atoms with Crippen LogP contribution in [0.4, 0.5) is 11.8 Å². The maximum absolute atomic E-state index is 4.73. The number of anilines is 2. The van der Waals surface area contributed by atoms with Crippen molar-refractivity contribution in [1.29, 1.82) is 0 Å². The summed E-state index contributed by atoms with van der Waals surface area (Å²) in [5.74, 6) is 1.48. The molecule has 0 aliphatic heterocycles. The SMILES string of the molecule is Cc1ccc2c(NCc3ccccc3)nc(NCc3ccccc3)nc2c1. The first-order chi connectivity index (χ1) is 13.3. The first kappa shape index (κ1) is 17.0. The molecule has 1 heterocycles. The average molecular weight is 354 g/mol. The molecule has 2 N–H and O–H groups in total. The van der Waals surface area contributed by atoms with E-state index in [1.807, 2.05) is 36.4 Å².